The van der Waals surface area contributed by atoms with Gasteiger partial charge in [-0.25, -0.2) is 19.4 Å². The van der Waals surface area contributed by atoms with E-state index in [1.807, 2.05) is 6.08 Å². The lowest BCUT2D eigenvalue weighted by atomic mass is 10.1. The Morgan fingerprint density at radius 2 is 0.943 bits per heavy atom. The van der Waals surface area contributed by atoms with E-state index in [2.05, 4.69) is 9.78 Å². The van der Waals surface area contributed by atoms with Crippen molar-refractivity contribution in [2.75, 3.05) is 0 Å². The second kappa shape index (κ2) is 12.3. The van der Waals surface area contributed by atoms with Gasteiger partial charge < -0.3 is 15.3 Å². The number of carbonyl (C=O) groups is 2. The molecule has 0 saturated carbocycles. The highest BCUT2D eigenvalue weighted by molar-refractivity contribution is 5.92. The summed E-state index contributed by atoms with van der Waals surface area (Å²) in [4.78, 5) is 31.9. The summed E-state index contributed by atoms with van der Waals surface area (Å²) in [6.07, 6.45) is 3.60. The van der Waals surface area contributed by atoms with E-state index in [1.54, 1.807) is 103 Å². The molecule has 7 nitrogen and oxygen atoms in total. The van der Waals surface area contributed by atoms with Crippen LogP contribution in [-0.4, -0.2) is 27.3 Å². The molecule has 176 valence electrons. The molecule has 0 fully saturated rings. The van der Waals surface area contributed by atoms with E-state index in [0.29, 0.717) is 16.7 Å². The van der Waals surface area contributed by atoms with Gasteiger partial charge in [0.2, 0.25) is 0 Å². The van der Waals surface area contributed by atoms with Crippen LogP contribution in [0.25, 0.3) is 12.2 Å². The van der Waals surface area contributed by atoms with Crippen molar-refractivity contribution in [2.45, 2.75) is 0 Å². The van der Waals surface area contributed by atoms with Crippen LogP contribution in [-0.2, 0) is 9.78 Å². The first-order valence-corrected chi connectivity index (χ1v) is 10.4. The van der Waals surface area contributed by atoms with E-state index in [4.69, 9.17) is 5.11 Å². The highest BCUT2D eigenvalue weighted by Crippen LogP contribution is 2.22. The predicted octanol–water partition coefficient (Wildman–Crippen LogP) is 5.59. The third-order valence-corrected chi connectivity index (χ3v) is 4.50. The Morgan fingerprint density at radius 1 is 0.514 bits per heavy atom. The number of hydrogen-bond donors (Lipinski definition) is 3. The van der Waals surface area contributed by atoms with Gasteiger partial charge in [0.05, 0.1) is 11.1 Å². The molecule has 0 heterocycles. The molecule has 0 bridgehead atoms. The van der Waals surface area contributed by atoms with Gasteiger partial charge in [-0.3, -0.25) is 0 Å². The number of hydrogen-bond acceptors (Lipinski definition) is 7. The van der Waals surface area contributed by atoms with Crippen LogP contribution in [0.1, 0.15) is 31.8 Å². The largest absolute Gasteiger partial charge is 0.508 e. The number of benzene rings is 4. The van der Waals surface area contributed by atoms with E-state index in [0.717, 1.165) is 5.56 Å². The van der Waals surface area contributed by atoms with Crippen molar-refractivity contribution in [3.8, 4) is 17.2 Å². The normalized spacial score (nSPS) is 10.2. The third-order valence-electron chi connectivity index (χ3n) is 4.50. The van der Waals surface area contributed by atoms with Gasteiger partial charge in [-0.15, -0.1) is 0 Å². The monoisotopic (exact) mass is 470 g/mol. The van der Waals surface area contributed by atoms with Gasteiger partial charge >= 0.3 is 11.9 Å². The summed E-state index contributed by atoms with van der Waals surface area (Å²) < 4.78 is 0. The van der Waals surface area contributed by atoms with Gasteiger partial charge in [-0.05, 0) is 59.7 Å². The van der Waals surface area contributed by atoms with Crippen LogP contribution in [0.15, 0.2) is 103 Å². The molecule has 3 N–H and O–H groups in total. The van der Waals surface area contributed by atoms with Gasteiger partial charge in [0.15, 0.2) is 0 Å². The van der Waals surface area contributed by atoms with Crippen molar-refractivity contribution in [3.05, 3.63) is 125 Å². The first-order valence-electron chi connectivity index (χ1n) is 10.4. The molecule has 0 spiro atoms. The predicted molar refractivity (Wildman–Crippen MR) is 131 cm³/mol. The fourth-order valence-corrected chi connectivity index (χ4v) is 2.81. The maximum Gasteiger partial charge on any atom is 0.386 e. The molecule has 0 aromatic heterocycles. The summed E-state index contributed by atoms with van der Waals surface area (Å²) in [7, 11) is 0. The van der Waals surface area contributed by atoms with E-state index in [-0.39, 0.29) is 17.2 Å². The second-order valence-electron chi connectivity index (χ2n) is 7.18. The smallest absolute Gasteiger partial charge is 0.386 e. The quantitative estimate of drug-likeness (QED) is 0.202. The Kier molecular flexibility index (Phi) is 8.62. The van der Waals surface area contributed by atoms with Crippen molar-refractivity contribution in [1.82, 2.24) is 0 Å². The van der Waals surface area contributed by atoms with Crippen LogP contribution in [0, 0.1) is 0 Å². The highest BCUT2D eigenvalue weighted by atomic mass is 17.2. The molecule has 35 heavy (non-hydrogen) atoms. The van der Waals surface area contributed by atoms with E-state index >= 15 is 0 Å². The second-order valence-corrected chi connectivity index (χ2v) is 7.18. The molecule has 0 aliphatic carbocycles. The van der Waals surface area contributed by atoms with Gasteiger partial charge in [0, 0.05) is 6.07 Å². The molecule has 0 radical (unpaired) electrons. The van der Waals surface area contributed by atoms with Crippen LogP contribution in [0.2, 0.25) is 0 Å². The topological polar surface area (TPSA) is 113 Å². The molecule has 0 aliphatic heterocycles. The average Bonchev–Trinajstić information content (AvgIpc) is 2.87. The lowest BCUT2D eigenvalue weighted by molar-refractivity contribution is -0.187. The molecule has 4 rings (SSSR count). The maximum atomic E-state index is 11.5. The minimum Gasteiger partial charge on any atom is -0.508 e. The van der Waals surface area contributed by atoms with Crippen LogP contribution < -0.4 is 0 Å². The van der Waals surface area contributed by atoms with Gasteiger partial charge in [0.25, 0.3) is 0 Å². The van der Waals surface area contributed by atoms with Crippen molar-refractivity contribution in [3.63, 3.8) is 0 Å². The van der Waals surface area contributed by atoms with Crippen LogP contribution in [0.5, 0.6) is 17.2 Å². The fraction of sp³-hybridized carbons (Fsp3) is 0. The Labute approximate surface area is 201 Å². The van der Waals surface area contributed by atoms with Crippen molar-refractivity contribution in [2.24, 2.45) is 0 Å². The molecule has 7 heteroatoms. The standard InChI is InChI=1S/C14H10O4.C14H12O3/c15-13(11-7-3-1-4-8-11)17-18-14(16)12-9-5-2-6-10-12;15-12-5-3-10(4-6-12)1-2-11-7-13(16)9-14(17)8-11/h1-10H;1-9,15-17H/b;2-1+. The average molecular weight is 470 g/mol. The SMILES string of the molecule is O=C(OOC(=O)c1ccccc1)c1ccccc1.Oc1ccc(/C=C/c2cc(O)cc(O)c2)cc1. The first kappa shape index (κ1) is 24.6. The Hall–Kier alpha value is -5.04. The fourth-order valence-electron chi connectivity index (χ4n) is 2.81. The lowest BCUT2D eigenvalue weighted by Crippen LogP contribution is -2.11. The molecule has 0 aliphatic rings. The van der Waals surface area contributed by atoms with E-state index in [9.17, 15) is 19.8 Å². The minimum atomic E-state index is -0.708. The van der Waals surface area contributed by atoms with Gasteiger partial charge in [-0.2, -0.15) is 0 Å². The van der Waals surface area contributed by atoms with Crippen molar-refractivity contribution < 1.29 is 34.7 Å². The van der Waals surface area contributed by atoms with Crippen molar-refractivity contribution >= 4 is 24.1 Å². The summed E-state index contributed by atoms with van der Waals surface area (Å²) in [6, 6.07) is 27.7. The summed E-state index contributed by atoms with van der Waals surface area (Å²) >= 11 is 0. The number of aromatic hydroxyl groups is 3. The maximum absolute atomic E-state index is 11.5. The summed E-state index contributed by atoms with van der Waals surface area (Å²) in [6.45, 7) is 0. The van der Waals surface area contributed by atoms with Crippen LogP contribution >= 0.6 is 0 Å². The zero-order valence-electron chi connectivity index (χ0n) is 18.4. The molecule has 4 aromatic rings. The minimum absolute atomic E-state index is 0.0235. The summed E-state index contributed by atoms with van der Waals surface area (Å²) in [5.41, 5.74) is 2.26. The van der Waals surface area contributed by atoms with Crippen LogP contribution in [0.4, 0.5) is 0 Å². The number of rotatable bonds is 4. The molecule has 4 aromatic carbocycles. The zero-order chi connectivity index (χ0) is 25.0. The lowest BCUT2D eigenvalue weighted by Gasteiger charge is -2.02. The molecule has 0 amide bonds. The van der Waals surface area contributed by atoms with Crippen molar-refractivity contribution in [1.29, 1.82) is 0 Å². The third kappa shape index (κ3) is 8.11. The van der Waals surface area contributed by atoms with E-state index in [1.165, 1.54) is 6.07 Å². The van der Waals surface area contributed by atoms with Gasteiger partial charge in [-0.1, -0.05) is 60.7 Å². The molecule has 0 atom stereocenters. The number of carbonyl (C=O) groups excluding carboxylic acids is 2. The summed E-state index contributed by atoms with van der Waals surface area (Å²) in [5, 5.41) is 27.7. The first-order chi connectivity index (χ1) is 16.9. The zero-order valence-corrected chi connectivity index (χ0v) is 18.4. The van der Waals surface area contributed by atoms with E-state index < -0.39 is 11.9 Å². The Bertz CT molecular complexity index is 1210. The number of phenols is 3. The number of phenolic OH excluding ortho intramolecular Hbond substituents is 3. The molecule has 0 unspecified atom stereocenters. The van der Waals surface area contributed by atoms with Gasteiger partial charge in [0.1, 0.15) is 17.2 Å². The Morgan fingerprint density at radius 3 is 1.40 bits per heavy atom. The highest BCUT2D eigenvalue weighted by Gasteiger charge is 2.13. The summed E-state index contributed by atoms with van der Waals surface area (Å²) in [5.74, 6) is -1.15. The Balaban J connectivity index is 0.000000196. The molecule has 0 saturated heterocycles. The van der Waals surface area contributed by atoms with Crippen LogP contribution in [0.3, 0.4) is 0 Å². The molecular formula is C28H22O7. The molecular weight excluding hydrogens is 448 g/mol.